The summed E-state index contributed by atoms with van der Waals surface area (Å²) in [5.41, 5.74) is 8.62. The first kappa shape index (κ1) is 12.8. The summed E-state index contributed by atoms with van der Waals surface area (Å²) in [7, 11) is 0. The molecule has 2 aromatic carbocycles. The van der Waals surface area contributed by atoms with Crippen LogP contribution in [0.25, 0.3) is 6.08 Å². The summed E-state index contributed by atoms with van der Waals surface area (Å²) in [4.78, 5) is 1.76. The molecule has 2 nitrogen and oxygen atoms in total. The van der Waals surface area contributed by atoms with Crippen LogP contribution in [0.5, 0.6) is 0 Å². The molecule has 0 spiro atoms. The molecule has 0 atom stereocenters. The second-order valence-corrected chi connectivity index (χ2v) is 4.75. The summed E-state index contributed by atoms with van der Waals surface area (Å²) in [6.07, 6.45) is 1.94. The van der Waals surface area contributed by atoms with E-state index in [1.807, 2.05) is 6.08 Å². The highest BCUT2D eigenvalue weighted by Crippen LogP contribution is 2.36. The Labute approximate surface area is 116 Å². The minimum absolute atomic E-state index is 0.332. The number of hydrogen-bond acceptors (Lipinski definition) is 2. The Hall–Kier alpha value is -2.20. The van der Waals surface area contributed by atoms with Crippen LogP contribution < -0.4 is 10.6 Å². The fourth-order valence-corrected chi connectivity index (χ4v) is 2.44. The number of nitrogens with two attached hydrogens (primary N) is 1. The fourth-order valence-electron chi connectivity index (χ4n) is 2.44. The third-order valence-corrected chi connectivity index (χ3v) is 3.41. The Kier molecular flexibility index (Phi) is 3.24. The summed E-state index contributed by atoms with van der Waals surface area (Å²) in [5, 5.41) is 0. The second kappa shape index (κ2) is 5.06. The maximum Gasteiger partial charge on any atom is 0.146 e. The van der Waals surface area contributed by atoms with Crippen LogP contribution in [0.1, 0.15) is 5.56 Å². The van der Waals surface area contributed by atoms with Crippen LogP contribution in [-0.4, -0.2) is 13.1 Å². The molecular formula is C16H14F2N2. The molecule has 1 aliphatic heterocycles. The van der Waals surface area contributed by atoms with Gasteiger partial charge in [-0.3, -0.25) is 0 Å². The lowest BCUT2D eigenvalue weighted by Crippen LogP contribution is -2.27. The maximum atomic E-state index is 14.0. The van der Waals surface area contributed by atoms with Crippen molar-refractivity contribution >= 4 is 17.5 Å². The van der Waals surface area contributed by atoms with Crippen LogP contribution in [-0.2, 0) is 0 Å². The molecule has 0 aliphatic carbocycles. The van der Waals surface area contributed by atoms with Crippen molar-refractivity contribution in [1.29, 1.82) is 0 Å². The standard InChI is InChI=1S/C16H14F2N2/c17-13-6-5-12-7-11(9-19)10-20(16(12)8-13)15-4-2-1-3-14(15)18/h1-8H,9-10,19H2. The number of fused-ring (bicyclic) bond motifs is 1. The Morgan fingerprint density at radius 3 is 2.60 bits per heavy atom. The summed E-state index contributed by atoms with van der Waals surface area (Å²) >= 11 is 0. The van der Waals surface area contributed by atoms with Gasteiger partial charge in [-0.05, 0) is 41.5 Å². The maximum absolute atomic E-state index is 14.0. The number of benzene rings is 2. The van der Waals surface area contributed by atoms with Crippen molar-refractivity contribution in [2.75, 3.05) is 18.0 Å². The van der Waals surface area contributed by atoms with Gasteiger partial charge in [0.1, 0.15) is 11.6 Å². The number of para-hydroxylation sites is 1. The molecule has 0 radical (unpaired) electrons. The third-order valence-electron chi connectivity index (χ3n) is 3.41. The van der Waals surface area contributed by atoms with Gasteiger partial charge in [0.15, 0.2) is 0 Å². The molecule has 2 aromatic rings. The summed E-state index contributed by atoms with van der Waals surface area (Å²) < 4.78 is 27.5. The van der Waals surface area contributed by atoms with Crippen LogP contribution in [0.2, 0.25) is 0 Å². The van der Waals surface area contributed by atoms with Gasteiger partial charge < -0.3 is 10.6 Å². The summed E-state index contributed by atoms with van der Waals surface area (Å²) in [6, 6.07) is 11.0. The number of rotatable bonds is 2. The highest BCUT2D eigenvalue weighted by molar-refractivity contribution is 5.79. The zero-order chi connectivity index (χ0) is 14.1. The minimum atomic E-state index is -0.338. The summed E-state index contributed by atoms with van der Waals surface area (Å²) in [6.45, 7) is 0.857. The predicted molar refractivity (Wildman–Crippen MR) is 76.8 cm³/mol. The molecule has 0 bridgehead atoms. The van der Waals surface area contributed by atoms with E-state index in [-0.39, 0.29) is 11.6 Å². The van der Waals surface area contributed by atoms with Gasteiger partial charge in [0.05, 0.1) is 11.4 Å². The largest absolute Gasteiger partial charge is 0.334 e. The first-order valence-corrected chi connectivity index (χ1v) is 6.40. The molecule has 0 unspecified atom stereocenters. The van der Waals surface area contributed by atoms with Crippen molar-refractivity contribution in [2.45, 2.75) is 0 Å². The van der Waals surface area contributed by atoms with Crippen molar-refractivity contribution in [1.82, 2.24) is 0 Å². The fraction of sp³-hybridized carbons (Fsp3) is 0.125. The molecular weight excluding hydrogens is 258 g/mol. The van der Waals surface area contributed by atoms with Gasteiger partial charge in [-0.2, -0.15) is 0 Å². The van der Waals surface area contributed by atoms with E-state index in [1.54, 1.807) is 29.2 Å². The van der Waals surface area contributed by atoms with Gasteiger partial charge in [-0.1, -0.05) is 18.2 Å². The molecule has 1 aliphatic rings. The van der Waals surface area contributed by atoms with Gasteiger partial charge in [-0.15, -0.1) is 0 Å². The lowest BCUT2D eigenvalue weighted by Gasteiger charge is -2.31. The molecule has 0 aromatic heterocycles. The van der Waals surface area contributed by atoms with Crippen LogP contribution in [0, 0.1) is 11.6 Å². The number of halogens is 2. The molecule has 0 amide bonds. The molecule has 1 heterocycles. The zero-order valence-electron chi connectivity index (χ0n) is 10.8. The first-order valence-electron chi connectivity index (χ1n) is 6.40. The number of anilines is 2. The van der Waals surface area contributed by atoms with Crippen molar-refractivity contribution in [3.05, 3.63) is 65.2 Å². The number of hydrogen-bond donors (Lipinski definition) is 1. The van der Waals surface area contributed by atoms with E-state index < -0.39 is 0 Å². The monoisotopic (exact) mass is 272 g/mol. The average Bonchev–Trinajstić information content (AvgIpc) is 2.47. The van der Waals surface area contributed by atoms with E-state index in [1.165, 1.54) is 18.2 Å². The van der Waals surface area contributed by atoms with Gasteiger partial charge in [0.2, 0.25) is 0 Å². The Morgan fingerprint density at radius 2 is 1.85 bits per heavy atom. The molecule has 4 heteroatoms. The molecule has 3 rings (SSSR count). The van der Waals surface area contributed by atoms with Crippen molar-refractivity contribution in [2.24, 2.45) is 5.73 Å². The van der Waals surface area contributed by atoms with E-state index in [2.05, 4.69) is 0 Å². The van der Waals surface area contributed by atoms with Gasteiger partial charge >= 0.3 is 0 Å². The minimum Gasteiger partial charge on any atom is -0.334 e. The average molecular weight is 272 g/mol. The lowest BCUT2D eigenvalue weighted by atomic mass is 10.0. The van der Waals surface area contributed by atoms with E-state index in [0.29, 0.717) is 24.5 Å². The highest BCUT2D eigenvalue weighted by atomic mass is 19.1. The van der Waals surface area contributed by atoms with Gasteiger partial charge in [0.25, 0.3) is 0 Å². The second-order valence-electron chi connectivity index (χ2n) is 4.75. The smallest absolute Gasteiger partial charge is 0.146 e. The molecule has 20 heavy (non-hydrogen) atoms. The molecule has 0 fully saturated rings. The molecule has 0 saturated carbocycles. The third kappa shape index (κ3) is 2.18. The van der Waals surface area contributed by atoms with Crippen molar-refractivity contribution in [3.8, 4) is 0 Å². The normalized spacial score (nSPS) is 13.9. The highest BCUT2D eigenvalue weighted by Gasteiger charge is 2.21. The predicted octanol–water partition coefficient (Wildman–Crippen LogP) is 3.46. The van der Waals surface area contributed by atoms with E-state index in [9.17, 15) is 8.78 Å². The topological polar surface area (TPSA) is 29.3 Å². The Bertz CT molecular complexity index is 680. The number of nitrogens with zero attached hydrogens (tertiary/aromatic N) is 1. The lowest BCUT2D eigenvalue weighted by molar-refractivity contribution is 0.621. The first-order chi connectivity index (χ1) is 9.69. The molecule has 2 N–H and O–H groups in total. The zero-order valence-corrected chi connectivity index (χ0v) is 10.8. The van der Waals surface area contributed by atoms with Crippen LogP contribution >= 0.6 is 0 Å². The quantitative estimate of drug-likeness (QED) is 0.907. The van der Waals surface area contributed by atoms with Crippen LogP contribution in [0.3, 0.4) is 0 Å². The Morgan fingerprint density at radius 1 is 1.05 bits per heavy atom. The van der Waals surface area contributed by atoms with Gasteiger partial charge in [0, 0.05) is 13.1 Å². The molecule has 0 saturated heterocycles. The van der Waals surface area contributed by atoms with Crippen LogP contribution in [0.15, 0.2) is 48.0 Å². The molecule has 102 valence electrons. The van der Waals surface area contributed by atoms with Crippen molar-refractivity contribution < 1.29 is 8.78 Å². The van der Waals surface area contributed by atoms with E-state index >= 15 is 0 Å². The summed E-state index contributed by atoms with van der Waals surface area (Å²) in [5.74, 6) is -0.671. The van der Waals surface area contributed by atoms with E-state index in [0.717, 1.165) is 11.1 Å². The van der Waals surface area contributed by atoms with Gasteiger partial charge in [-0.25, -0.2) is 8.78 Å². The Balaban J connectivity index is 2.16. The SMILES string of the molecule is NCC1=Cc2ccc(F)cc2N(c2ccccc2F)C1. The van der Waals surface area contributed by atoms with Crippen LogP contribution in [0.4, 0.5) is 20.2 Å². The van der Waals surface area contributed by atoms with Crippen molar-refractivity contribution in [3.63, 3.8) is 0 Å². The van der Waals surface area contributed by atoms with E-state index in [4.69, 9.17) is 5.73 Å².